The van der Waals surface area contributed by atoms with Crippen LogP contribution < -0.4 is 14.5 Å². The van der Waals surface area contributed by atoms with Crippen LogP contribution in [0.4, 0.5) is 11.4 Å². The first-order chi connectivity index (χ1) is 18.3. The summed E-state index contributed by atoms with van der Waals surface area (Å²) in [5.41, 5.74) is 4.65. The average Bonchev–Trinajstić information content (AvgIpc) is 2.91. The first kappa shape index (κ1) is 28.8. The summed E-state index contributed by atoms with van der Waals surface area (Å²) < 4.78 is 5.93. The Hall–Kier alpha value is -3.77. The Bertz CT molecular complexity index is 1200. The van der Waals surface area contributed by atoms with E-state index in [9.17, 15) is 9.90 Å². The number of unbranched alkanes of at least 4 members (excludes halogenated alkanes) is 1. The van der Waals surface area contributed by atoms with E-state index in [0.717, 1.165) is 49.5 Å². The summed E-state index contributed by atoms with van der Waals surface area (Å²) in [6.07, 6.45) is 5.29. The van der Waals surface area contributed by atoms with Crippen LogP contribution in [0.5, 0.6) is 11.5 Å². The van der Waals surface area contributed by atoms with Crippen molar-refractivity contribution in [2.75, 3.05) is 57.7 Å². The highest BCUT2D eigenvalue weighted by Crippen LogP contribution is 2.25. The van der Waals surface area contributed by atoms with Crippen LogP contribution >= 0.6 is 0 Å². The molecule has 3 rings (SSSR count). The van der Waals surface area contributed by atoms with E-state index in [2.05, 4.69) is 55.1 Å². The highest BCUT2D eigenvalue weighted by atomic mass is 16.5. The van der Waals surface area contributed by atoms with Gasteiger partial charge in [-0.3, -0.25) is 9.69 Å². The molecule has 0 aliphatic carbocycles. The minimum Gasteiger partial charge on any atom is -0.507 e. The molecule has 0 aliphatic rings. The molecule has 3 aromatic carbocycles. The van der Waals surface area contributed by atoms with Gasteiger partial charge in [-0.05, 0) is 73.5 Å². The van der Waals surface area contributed by atoms with Gasteiger partial charge in [-0.25, -0.2) is 0 Å². The van der Waals surface area contributed by atoms with Crippen LogP contribution in [0.2, 0.25) is 0 Å². The molecule has 0 aliphatic heterocycles. The highest BCUT2D eigenvalue weighted by molar-refractivity contribution is 6.08. The molecular formula is C32H41N3O3. The van der Waals surface area contributed by atoms with Crippen molar-refractivity contribution in [3.05, 3.63) is 89.5 Å². The number of phenolic OH excluding ortho intramolecular Hbond substituents is 1. The maximum absolute atomic E-state index is 12.5. The van der Waals surface area contributed by atoms with Crippen LogP contribution in [0.3, 0.4) is 0 Å². The summed E-state index contributed by atoms with van der Waals surface area (Å²) >= 11 is 0. The van der Waals surface area contributed by atoms with Crippen molar-refractivity contribution in [1.29, 1.82) is 0 Å². The van der Waals surface area contributed by atoms with E-state index in [1.54, 1.807) is 18.2 Å². The fraction of sp³-hybridized carbons (Fsp3) is 0.344. The Morgan fingerprint density at radius 2 is 1.66 bits per heavy atom. The lowest BCUT2D eigenvalue weighted by atomic mass is 10.1. The van der Waals surface area contributed by atoms with Gasteiger partial charge in [0.2, 0.25) is 0 Å². The van der Waals surface area contributed by atoms with Crippen LogP contribution in [0.15, 0.2) is 72.8 Å². The standard InChI is InChI=1S/C32H41N3O3/c1-6-35(24-26-11-7-8-12-30(26)34(4)5)21-9-10-22-38-28-17-13-25(14-18-28)15-20-31(36)29-19-16-27(33(2)3)23-32(29)37/h7-8,11-20,23,37H,6,9-10,21-22,24H2,1-5H3/b20-15+. The Kier molecular flexibility index (Phi) is 10.8. The molecule has 0 spiro atoms. The van der Waals surface area contributed by atoms with Crippen molar-refractivity contribution in [2.45, 2.75) is 26.3 Å². The van der Waals surface area contributed by atoms with Crippen molar-refractivity contribution >= 4 is 23.2 Å². The van der Waals surface area contributed by atoms with E-state index >= 15 is 0 Å². The first-order valence-corrected chi connectivity index (χ1v) is 13.2. The summed E-state index contributed by atoms with van der Waals surface area (Å²) in [5.74, 6) is 0.562. The largest absolute Gasteiger partial charge is 0.507 e. The fourth-order valence-electron chi connectivity index (χ4n) is 4.24. The summed E-state index contributed by atoms with van der Waals surface area (Å²) in [6, 6.07) is 21.3. The van der Waals surface area contributed by atoms with Crippen LogP contribution in [-0.2, 0) is 6.54 Å². The minimum absolute atomic E-state index is 0.0185. The van der Waals surface area contributed by atoms with Gasteiger partial charge in [0.1, 0.15) is 11.5 Å². The van der Waals surface area contributed by atoms with E-state index in [-0.39, 0.29) is 17.1 Å². The normalized spacial score (nSPS) is 11.2. The van der Waals surface area contributed by atoms with Gasteiger partial charge in [-0.2, -0.15) is 0 Å². The SMILES string of the molecule is CCN(CCCCOc1ccc(/C=C/C(=O)c2ccc(N(C)C)cc2O)cc1)Cc1ccccc1N(C)C. The van der Waals surface area contributed by atoms with Gasteiger partial charge in [-0.1, -0.05) is 43.3 Å². The number of rotatable bonds is 14. The van der Waals surface area contributed by atoms with Crippen LogP contribution in [0, 0.1) is 0 Å². The summed E-state index contributed by atoms with van der Waals surface area (Å²) in [4.78, 5) is 19.0. The van der Waals surface area contributed by atoms with Crippen molar-refractivity contribution < 1.29 is 14.6 Å². The van der Waals surface area contributed by atoms with Gasteiger partial charge in [-0.15, -0.1) is 0 Å². The van der Waals surface area contributed by atoms with E-state index in [1.165, 1.54) is 17.3 Å². The number of anilines is 2. The molecule has 0 aromatic heterocycles. The van der Waals surface area contributed by atoms with Crippen molar-refractivity contribution in [3.63, 3.8) is 0 Å². The third-order valence-corrected chi connectivity index (χ3v) is 6.52. The molecule has 202 valence electrons. The summed E-state index contributed by atoms with van der Waals surface area (Å²) in [7, 11) is 7.95. The van der Waals surface area contributed by atoms with Crippen molar-refractivity contribution in [1.82, 2.24) is 4.90 Å². The van der Waals surface area contributed by atoms with Gasteiger partial charge < -0.3 is 19.6 Å². The number of hydrogen-bond acceptors (Lipinski definition) is 6. The summed E-state index contributed by atoms with van der Waals surface area (Å²) in [6.45, 7) is 5.88. The number of carbonyl (C=O) groups excluding carboxylic acids is 1. The zero-order valence-electron chi connectivity index (χ0n) is 23.4. The summed E-state index contributed by atoms with van der Waals surface area (Å²) in [5, 5.41) is 10.2. The first-order valence-electron chi connectivity index (χ1n) is 13.2. The number of allylic oxidation sites excluding steroid dienone is 1. The average molecular weight is 516 g/mol. The number of para-hydroxylation sites is 1. The predicted octanol–water partition coefficient (Wildman–Crippen LogP) is 6.10. The lowest BCUT2D eigenvalue weighted by molar-refractivity contribution is 0.104. The number of ether oxygens (including phenoxy) is 1. The number of phenols is 1. The predicted molar refractivity (Wildman–Crippen MR) is 159 cm³/mol. The molecule has 0 radical (unpaired) electrons. The van der Waals surface area contributed by atoms with Gasteiger partial charge >= 0.3 is 0 Å². The van der Waals surface area contributed by atoms with E-state index in [4.69, 9.17) is 4.74 Å². The molecule has 0 saturated heterocycles. The maximum atomic E-state index is 12.5. The quantitative estimate of drug-likeness (QED) is 0.159. The van der Waals surface area contributed by atoms with Gasteiger partial charge in [0.15, 0.2) is 5.78 Å². The van der Waals surface area contributed by atoms with E-state index < -0.39 is 0 Å². The van der Waals surface area contributed by atoms with Crippen LogP contribution in [-0.4, -0.2) is 63.7 Å². The van der Waals surface area contributed by atoms with Crippen LogP contribution in [0.1, 0.15) is 41.3 Å². The molecule has 0 saturated carbocycles. The van der Waals surface area contributed by atoms with E-state index in [1.807, 2.05) is 49.3 Å². The second-order valence-corrected chi connectivity index (χ2v) is 9.81. The maximum Gasteiger partial charge on any atom is 0.189 e. The lowest BCUT2D eigenvalue weighted by Gasteiger charge is -2.24. The Morgan fingerprint density at radius 3 is 2.32 bits per heavy atom. The number of nitrogens with zero attached hydrogens (tertiary/aromatic N) is 3. The Morgan fingerprint density at radius 1 is 0.921 bits per heavy atom. The molecule has 0 amide bonds. The van der Waals surface area contributed by atoms with Crippen molar-refractivity contribution in [2.24, 2.45) is 0 Å². The molecule has 0 fully saturated rings. The smallest absolute Gasteiger partial charge is 0.189 e. The Labute approximate surface area is 227 Å². The number of carbonyl (C=O) groups is 1. The van der Waals surface area contributed by atoms with Crippen molar-refractivity contribution in [3.8, 4) is 11.5 Å². The zero-order chi connectivity index (χ0) is 27.5. The molecular weight excluding hydrogens is 474 g/mol. The minimum atomic E-state index is -0.237. The van der Waals surface area contributed by atoms with E-state index in [0.29, 0.717) is 6.61 Å². The second kappa shape index (κ2) is 14.2. The van der Waals surface area contributed by atoms with Gasteiger partial charge in [0, 0.05) is 52.2 Å². The molecule has 0 bridgehead atoms. The molecule has 6 heteroatoms. The second-order valence-electron chi connectivity index (χ2n) is 9.81. The Balaban J connectivity index is 1.42. The monoisotopic (exact) mass is 515 g/mol. The number of benzene rings is 3. The third-order valence-electron chi connectivity index (χ3n) is 6.52. The fourth-order valence-corrected chi connectivity index (χ4v) is 4.24. The molecule has 38 heavy (non-hydrogen) atoms. The molecule has 1 N–H and O–H groups in total. The number of aromatic hydroxyl groups is 1. The number of ketones is 1. The lowest BCUT2D eigenvalue weighted by Crippen LogP contribution is -2.25. The molecule has 3 aromatic rings. The molecule has 6 nitrogen and oxygen atoms in total. The molecule has 0 unspecified atom stereocenters. The zero-order valence-corrected chi connectivity index (χ0v) is 23.4. The topological polar surface area (TPSA) is 56.3 Å². The van der Waals surface area contributed by atoms with Gasteiger partial charge in [0.05, 0.1) is 12.2 Å². The number of hydrogen-bond donors (Lipinski definition) is 1. The molecule has 0 heterocycles. The molecule has 0 atom stereocenters. The third kappa shape index (κ3) is 8.38. The van der Waals surface area contributed by atoms with Gasteiger partial charge in [0.25, 0.3) is 0 Å². The highest BCUT2D eigenvalue weighted by Gasteiger charge is 2.10. The van der Waals surface area contributed by atoms with Crippen LogP contribution in [0.25, 0.3) is 6.08 Å².